The van der Waals surface area contributed by atoms with Crippen LogP contribution in [0.2, 0.25) is 0 Å². The minimum absolute atomic E-state index is 0.0340. The molecule has 0 saturated carbocycles. The summed E-state index contributed by atoms with van der Waals surface area (Å²) in [5, 5.41) is 0. The molecule has 0 aliphatic carbocycles. The molecule has 0 aliphatic rings. The molecule has 6 nitrogen and oxygen atoms in total. The number of H-pyrrole nitrogens is 1. The van der Waals surface area contributed by atoms with Crippen LogP contribution in [0.4, 0.5) is 0 Å². The lowest BCUT2D eigenvalue weighted by molar-refractivity contribution is -0.130. The number of rotatable bonds is 7. The molecular weight excluding hydrogens is 306 g/mol. The third-order valence-electron chi connectivity index (χ3n) is 3.63. The second-order valence-electron chi connectivity index (χ2n) is 5.30. The predicted octanol–water partition coefficient (Wildman–Crippen LogP) is 1.49. The number of nitrogens with zero attached hydrogens (tertiary/aromatic N) is 2. The summed E-state index contributed by atoms with van der Waals surface area (Å²) in [6.07, 6.45) is 5.53. The predicted molar refractivity (Wildman–Crippen MR) is 93.7 cm³/mol. The van der Waals surface area contributed by atoms with Crippen LogP contribution in [-0.2, 0) is 11.3 Å². The van der Waals surface area contributed by atoms with E-state index in [1.54, 1.807) is 4.90 Å². The van der Waals surface area contributed by atoms with Crippen molar-refractivity contribution in [2.45, 2.75) is 19.9 Å². The molecule has 126 valence electrons. The summed E-state index contributed by atoms with van der Waals surface area (Å²) >= 11 is 0. The van der Waals surface area contributed by atoms with Gasteiger partial charge in [-0.25, -0.2) is 4.79 Å². The van der Waals surface area contributed by atoms with E-state index in [-0.39, 0.29) is 18.9 Å². The van der Waals surface area contributed by atoms with Crippen molar-refractivity contribution in [2.24, 2.45) is 0 Å². The molecule has 1 aromatic carbocycles. The lowest BCUT2D eigenvalue weighted by Gasteiger charge is -2.19. The van der Waals surface area contributed by atoms with E-state index in [0.717, 1.165) is 5.56 Å². The van der Waals surface area contributed by atoms with Gasteiger partial charge in [-0.05, 0) is 12.5 Å². The summed E-state index contributed by atoms with van der Waals surface area (Å²) in [5.74, 6) is -0.0340. The topological polar surface area (TPSA) is 75.2 Å². The summed E-state index contributed by atoms with van der Waals surface area (Å²) in [7, 11) is 0. The van der Waals surface area contributed by atoms with E-state index in [4.69, 9.17) is 0 Å². The largest absolute Gasteiger partial charge is 0.339 e. The van der Waals surface area contributed by atoms with Crippen LogP contribution in [0.25, 0.3) is 6.08 Å². The van der Waals surface area contributed by atoms with Gasteiger partial charge >= 0.3 is 5.69 Å². The Morgan fingerprint density at radius 3 is 2.62 bits per heavy atom. The van der Waals surface area contributed by atoms with Gasteiger partial charge in [-0.2, -0.15) is 0 Å². The molecule has 2 rings (SSSR count). The van der Waals surface area contributed by atoms with Crippen LogP contribution in [0.3, 0.4) is 0 Å². The van der Waals surface area contributed by atoms with Gasteiger partial charge in [0.25, 0.3) is 5.56 Å². The second kappa shape index (κ2) is 8.67. The maximum absolute atomic E-state index is 12.3. The highest BCUT2D eigenvalue weighted by Crippen LogP contribution is 2.02. The van der Waals surface area contributed by atoms with Gasteiger partial charge in [0.15, 0.2) is 0 Å². The molecule has 0 unspecified atom stereocenters. The monoisotopic (exact) mass is 327 g/mol. The number of nitrogens with one attached hydrogen (secondary N) is 1. The number of aromatic nitrogens is 2. The van der Waals surface area contributed by atoms with Gasteiger partial charge in [0.05, 0.1) is 0 Å². The molecule has 1 aromatic heterocycles. The molecule has 0 bridgehead atoms. The van der Waals surface area contributed by atoms with E-state index in [2.05, 4.69) is 4.98 Å². The number of carbonyl (C=O) groups excluding carboxylic acids is 1. The van der Waals surface area contributed by atoms with Crippen molar-refractivity contribution in [3.8, 4) is 0 Å². The van der Waals surface area contributed by atoms with Crippen LogP contribution < -0.4 is 11.2 Å². The Morgan fingerprint density at radius 2 is 1.96 bits per heavy atom. The number of hydrogen-bond acceptors (Lipinski definition) is 3. The van der Waals surface area contributed by atoms with Crippen LogP contribution in [0.5, 0.6) is 0 Å². The zero-order valence-electron chi connectivity index (χ0n) is 13.6. The van der Waals surface area contributed by atoms with Crippen molar-refractivity contribution in [1.29, 1.82) is 0 Å². The number of aromatic amines is 1. The van der Waals surface area contributed by atoms with Crippen LogP contribution in [0.1, 0.15) is 18.9 Å². The fraction of sp³-hybridized carbons (Fsp3) is 0.278. The summed E-state index contributed by atoms with van der Waals surface area (Å²) in [6.45, 7) is 3.27. The van der Waals surface area contributed by atoms with Crippen molar-refractivity contribution >= 4 is 12.0 Å². The van der Waals surface area contributed by atoms with E-state index >= 15 is 0 Å². The van der Waals surface area contributed by atoms with E-state index in [1.807, 2.05) is 49.4 Å². The molecule has 0 saturated heterocycles. The normalized spacial score (nSPS) is 10.9. The molecule has 24 heavy (non-hydrogen) atoms. The van der Waals surface area contributed by atoms with E-state index in [0.29, 0.717) is 13.1 Å². The Hall–Kier alpha value is -2.89. The molecule has 2 aromatic rings. The smallest absolute Gasteiger partial charge is 0.328 e. The van der Waals surface area contributed by atoms with Gasteiger partial charge in [0.2, 0.25) is 5.91 Å². The van der Waals surface area contributed by atoms with Crippen LogP contribution in [0, 0.1) is 0 Å². The van der Waals surface area contributed by atoms with Crippen molar-refractivity contribution in [1.82, 2.24) is 14.5 Å². The minimum atomic E-state index is -0.498. The van der Waals surface area contributed by atoms with E-state index in [9.17, 15) is 14.4 Å². The Morgan fingerprint density at radius 1 is 1.21 bits per heavy atom. The van der Waals surface area contributed by atoms with Crippen LogP contribution in [0.15, 0.2) is 58.3 Å². The third-order valence-corrected chi connectivity index (χ3v) is 3.63. The summed E-state index contributed by atoms with van der Waals surface area (Å²) in [4.78, 5) is 38.8. The van der Waals surface area contributed by atoms with E-state index < -0.39 is 11.2 Å². The number of likely N-dealkylation sites (N-methyl/N-ethyl adjacent to an activating group) is 1. The number of amides is 1. The zero-order valence-corrected chi connectivity index (χ0v) is 13.6. The maximum Gasteiger partial charge on any atom is 0.328 e. The average Bonchev–Trinajstić information content (AvgIpc) is 2.58. The molecular formula is C18H21N3O3. The van der Waals surface area contributed by atoms with Gasteiger partial charge in [-0.3, -0.25) is 14.6 Å². The van der Waals surface area contributed by atoms with Crippen LogP contribution in [-0.4, -0.2) is 33.4 Å². The van der Waals surface area contributed by atoms with Crippen molar-refractivity contribution in [3.05, 3.63) is 75.1 Å². The third kappa shape index (κ3) is 5.08. The van der Waals surface area contributed by atoms with E-state index in [1.165, 1.54) is 16.8 Å². The summed E-state index contributed by atoms with van der Waals surface area (Å²) in [6, 6.07) is 11.1. The molecule has 6 heteroatoms. The second-order valence-corrected chi connectivity index (χ2v) is 5.30. The first-order valence-corrected chi connectivity index (χ1v) is 7.89. The molecule has 0 aliphatic heterocycles. The fourth-order valence-electron chi connectivity index (χ4n) is 2.28. The van der Waals surface area contributed by atoms with Crippen molar-refractivity contribution < 1.29 is 4.79 Å². The molecule has 0 atom stereocenters. The van der Waals surface area contributed by atoms with Gasteiger partial charge in [-0.1, -0.05) is 42.5 Å². The first-order chi connectivity index (χ1) is 11.6. The first-order valence-electron chi connectivity index (χ1n) is 7.89. The zero-order chi connectivity index (χ0) is 17.4. The fourth-order valence-corrected chi connectivity index (χ4v) is 2.28. The lowest BCUT2D eigenvalue weighted by Crippen LogP contribution is -2.34. The van der Waals surface area contributed by atoms with Crippen LogP contribution >= 0.6 is 0 Å². The molecule has 0 fully saturated rings. The lowest BCUT2D eigenvalue weighted by atomic mass is 10.2. The summed E-state index contributed by atoms with van der Waals surface area (Å²) < 4.78 is 1.33. The SMILES string of the molecule is CCN(CC=Cc1ccccc1)C(=O)CCn1ccc(=O)[nH]c1=O. The van der Waals surface area contributed by atoms with Gasteiger partial charge in [0, 0.05) is 38.3 Å². The number of benzene rings is 1. The van der Waals surface area contributed by atoms with Gasteiger partial charge < -0.3 is 9.47 Å². The molecule has 1 heterocycles. The molecule has 1 N–H and O–H groups in total. The van der Waals surface area contributed by atoms with Crippen molar-refractivity contribution in [2.75, 3.05) is 13.1 Å². The Labute approximate surface area is 140 Å². The molecule has 0 radical (unpaired) electrons. The number of carbonyl (C=O) groups is 1. The highest BCUT2D eigenvalue weighted by molar-refractivity contribution is 5.76. The first kappa shape index (κ1) is 17.5. The number of hydrogen-bond donors (Lipinski definition) is 1. The number of aryl methyl sites for hydroxylation is 1. The van der Waals surface area contributed by atoms with Gasteiger partial charge in [-0.15, -0.1) is 0 Å². The maximum atomic E-state index is 12.3. The highest BCUT2D eigenvalue weighted by atomic mass is 16.2. The summed E-state index contributed by atoms with van der Waals surface area (Å²) in [5.41, 5.74) is 0.145. The quantitative estimate of drug-likeness (QED) is 0.837. The van der Waals surface area contributed by atoms with Gasteiger partial charge in [0.1, 0.15) is 0 Å². The average molecular weight is 327 g/mol. The van der Waals surface area contributed by atoms with Crippen molar-refractivity contribution in [3.63, 3.8) is 0 Å². The standard InChI is InChI=1S/C18H21N3O3/c1-2-20(12-6-9-15-7-4-3-5-8-15)17(23)11-14-21-13-10-16(22)19-18(21)24/h3-10,13H,2,11-12,14H2,1H3,(H,19,22,24). The molecule has 1 amide bonds. The Kier molecular flexibility index (Phi) is 6.31. The minimum Gasteiger partial charge on any atom is -0.339 e. The Balaban J connectivity index is 1.90. The molecule has 0 spiro atoms. The highest BCUT2D eigenvalue weighted by Gasteiger charge is 2.10. The Bertz CT molecular complexity index is 806.